The van der Waals surface area contributed by atoms with Crippen LogP contribution in [-0.2, 0) is 20.0 Å². The van der Waals surface area contributed by atoms with Gasteiger partial charge in [0.15, 0.2) is 0 Å². The van der Waals surface area contributed by atoms with Crippen molar-refractivity contribution in [3.05, 3.63) is 52.5 Å². The number of fused-ring (bicyclic) bond motifs is 1. The van der Waals surface area contributed by atoms with Crippen LogP contribution in [0.2, 0.25) is 5.02 Å². The minimum absolute atomic E-state index is 0.208. The lowest BCUT2D eigenvalue weighted by Crippen LogP contribution is -2.20. The first-order valence-electron chi connectivity index (χ1n) is 6.61. The van der Waals surface area contributed by atoms with Crippen LogP contribution in [0.3, 0.4) is 0 Å². The third-order valence-corrected chi connectivity index (χ3v) is 6.70. The summed E-state index contributed by atoms with van der Waals surface area (Å²) < 4.78 is 52.5. The van der Waals surface area contributed by atoms with Gasteiger partial charge in [-0.25, -0.2) is 21.6 Å². The lowest BCUT2D eigenvalue weighted by molar-refractivity contribution is 0.0985. The van der Waals surface area contributed by atoms with Crippen LogP contribution in [0.1, 0.15) is 15.9 Å². The Kier molecular flexibility index (Phi) is 3.82. The molecule has 3 rings (SSSR count). The van der Waals surface area contributed by atoms with Crippen LogP contribution in [0.5, 0.6) is 0 Å². The molecule has 24 heavy (non-hydrogen) atoms. The highest BCUT2D eigenvalue weighted by Crippen LogP contribution is 2.28. The maximum atomic E-state index is 12.5. The van der Waals surface area contributed by atoms with E-state index in [0.29, 0.717) is 16.3 Å². The van der Waals surface area contributed by atoms with Gasteiger partial charge in [-0.3, -0.25) is 9.52 Å². The van der Waals surface area contributed by atoms with Gasteiger partial charge in [-0.15, -0.1) is 0 Å². The average Bonchev–Trinajstić information content (AvgIpc) is 2.73. The fourth-order valence-corrected chi connectivity index (χ4v) is 4.72. The summed E-state index contributed by atoms with van der Waals surface area (Å²) in [5.74, 6) is -0.860. The average molecular weight is 387 g/mol. The van der Waals surface area contributed by atoms with Gasteiger partial charge in [0.05, 0.1) is 16.1 Å². The zero-order valence-electron chi connectivity index (χ0n) is 12.2. The van der Waals surface area contributed by atoms with Gasteiger partial charge >= 0.3 is 0 Å². The molecule has 1 aliphatic rings. The fourth-order valence-electron chi connectivity index (χ4n) is 2.24. The zero-order valence-corrected chi connectivity index (χ0v) is 14.6. The maximum absolute atomic E-state index is 12.5. The molecule has 0 atom stereocenters. The summed E-state index contributed by atoms with van der Waals surface area (Å²) >= 11 is 5.96. The van der Waals surface area contributed by atoms with Crippen molar-refractivity contribution in [1.29, 1.82) is 0 Å². The number of amides is 1. The number of carbonyl (C=O) groups excluding carboxylic acids is 1. The molecule has 2 aromatic carbocycles. The molecule has 2 N–H and O–H groups in total. The Balaban J connectivity index is 2.05. The van der Waals surface area contributed by atoms with Gasteiger partial charge in [-0.2, -0.15) is 0 Å². The van der Waals surface area contributed by atoms with E-state index >= 15 is 0 Å². The van der Waals surface area contributed by atoms with Gasteiger partial charge in [0.1, 0.15) is 4.90 Å². The minimum atomic E-state index is -4.02. The van der Waals surface area contributed by atoms with Crippen molar-refractivity contribution in [1.82, 2.24) is 4.72 Å². The summed E-state index contributed by atoms with van der Waals surface area (Å²) in [4.78, 5) is 11.2. The van der Waals surface area contributed by atoms with E-state index in [9.17, 15) is 21.6 Å². The molecule has 1 amide bonds. The summed E-state index contributed by atoms with van der Waals surface area (Å²) in [7, 11) is -7.94. The van der Waals surface area contributed by atoms with E-state index in [1.54, 1.807) is 29.8 Å². The molecule has 0 spiro atoms. The van der Waals surface area contributed by atoms with Crippen LogP contribution in [-0.4, -0.2) is 22.7 Å². The number of hydrogen-bond donors (Lipinski definition) is 2. The zero-order chi connectivity index (χ0) is 17.7. The molecule has 1 aliphatic heterocycles. The molecule has 0 bridgehead atoms. The number of nitrogens with one attached hydrogen (secondary N) is 2. The molecular formula is C14H11ClN2O5S2. The van der Waals surface area contributed by atoms with Crippen LogP contribution >= 0.6 is 11.6 Å². The Morgan fingerprint density at radius 1 is 1.17 bits per heavy atom. The SMILES string of the molecule is Cc1c(Cl)cccc1NS(=O)(=O)c1ccc2c(c1)C(=O)NS2(=O)=O. The minimum Gasteiger partial charge on any atom is -0.279 e. The maximum Gasteiger partial charge on any atom is 0.266 e. The van der Waals surface area contributed by atoms with Crippen molar-refractivity contribution >= 4 is 43.2 Å². The lowest BCUT2D eigenvalue weighted by atomic mass is 10.2. The number of anilines is 1. The van der Waals surface area contributed by atoms with E-state index in [2.05, 4.69) is 4.72 Å². The standard InChI is InChI=1S/C14H11ClN2O5S2/c1-8-11(15)3-2-4-12(8)16-23(19,20)9-5-6-13-10(7-9)14(18)17-24(13,21)22/h2-7,16H,1H3,(H,17,18). The first kappa shape index (κ1) is 16.7. The van der Waals surface area contributed by atoms with Gasteiger partial charge in [0.2, 0.25) is 0 Å². The third kappa shape index (κ3) is 2.74. The first-order chi connectivity index (χ1) is 11.1. The third-order valence-electron chi connectivity index (χ3n) is 3.53. The second-order valence-electron chi connectivity index (χ2n) is 5.11. The largest absolute Gasteiger partial charge is 0.279 e. The summed E-state index contributed by atoms with van der Waals surface area (Å²) in [6, 6.07) is 8.00. The van der Waals surface area contributed by atoms with Gasteiger partial charge in [-0.1, -0.05) is 17.7 Å². The highest BCUT2D eigenvalue weighted by Gasteiger charge is 2.33. The van der Waals surface area contributed by atoms with Crippen LogP contribution in [0.4, 0.5) is 5.69 Å². The molecule has 1 heterocycles. The molecule has 0 unspecified atom stereocenters. The fraction of sp³-hybridized carbons (Fsp3) is 0.0714. The second-order valence-corrected chi connectivity index (χ2v) is 8.85. The Bertz CT molecular complexity index is 1080. The Hall–Kier alpha value is -2.10. The number of carbonyl (C=O) groups is 1. The Labute approximate surface area is 143 Å². The predicted molar refractivity (Wildman–Crippen MR) is 88.1 cm³/mol. The van der Waals surface area contributed by atoms with Crippen LogP contribution in [0.15, 0.2) is 46.2 Å². The van der Waals surface area contributed by atoms with Crippen molar-refractivity contribution in [3.63, 3.8) is 0 Å². The number of halogens is 1. The topological polar surface area (TPSA) is 109 Å². The van der Waals surface area contributed by atoms with Crippen LogP contribution in [0.25, 0.3) is 0 Å². The first-order valence-corrected chi connectivity index (χ1v) is 9.95. The molecule has 0 aromatic heterocycles. The summed E-state index contributed by atoms with van der Waals surface area (Å²) in [6.07, 6.45) is 0. The molecule has 7 nitrogen and oxygen atoms in total. The van der Waals surface area contributed by atoms with Crippen molar-refractivity contribution in [2.75, 3.05) is 4.72 Å². The van der Waals surface area contributed by atoms with Gasteiger partial charge in [0.25, 0.3) is 26.0 Å². The predicted octanol–water partition coefficient (Wildman–Crippen LogP) is 1.88. The van der Waals surface area contributed by atoms with Crippen molar-refractivity contribution in [2.45, 2.75) is 16.7 Å². The molecule has 10 heteroatoms. The number of hydrogen-bond acceptors (Lipinski definition) is 5. The summed E-state index contributed by atoms with van der Waals surface area (Å²) in [6.45, 7) is 1.66. The molecule has 0 fully saturated rings. The second kappa shape index (κ2) is 5.47. The number of sulfonamides is 2. The molecule has 0 saturated heterocycles. The monoisotopic (exact) mass is 386 g/mol. The van der Waals surface area contributed by atoms with E-state index in [0.717, 1.165) is 18.2 Å². The summed E-state index contributed by atoms with van der Waals surface area (Å²) in [5, 5.41) is 0.398. The normalized spacial score (nSPS) is 15.7. The van der Waals surface area contributed by atoms with E-state index in [1.807, 2.05) is 0 Å². The molecule has 0 saturated carbocycles. The molecule has 2 aromatic rings. The van der Waals surface area contributed by atoms with E-state index < -0.39 is 26.0 Å². The lowest BCUT2D eigenvalue weighted by Gasteiger charge is -2.11. The van der Waals surface area contributed by atoms with Crippen molar-refractivity contribution < 1.29 is 21.6 Å². The van der Waals surface area contributed by atoms with Gasteiger partial charge in [0, 0.05) is 5.02 Å². The molecule has 0 radical (unpaired) electrons. The smallest absolute Gasteiger partial charge is 0.266 e. The molecular weight excluding hydrogens is 376 g/mol. The van der Waals surface area contributed by atoms with Gasteiger partial charge in [-0.05, 0) is 42.8 Å². The van der Waals surface area contributed by atoms with Crippen LogP contribution in [0, 0.1) is 6.92 Å². The Morgan fingerprint density at radius 3 is 2.58 bits per heavy atom. The highest BCUT2D eigenvalue weighted by atomic mass is 35.5. The summed E-state index contributed by atoms with van der Waals surface area (Å²) in [5.41, 5.74) is 0.630. The molecule has 0 aliphatic carbocycles. The van der Waals surface area contributed by atoms with Crippen molar-refractivity contribution in [2.24, 2.45) is 0 Å². The number of benzene rings is 2. The van der Waals surface area contributed by atoms with Crippen molar-refractivity contribution in [3.8, 4) is 0 Å². The van der Waals surface area contributed by atoms with E-state index in [4.69, 9.17) is 11.6 Å². The highest BCUT2D eigenvalue weighted by molar-refractivity contribution is 7.92. The van der Waals surface area contributed by atoms with Crippen LogP contribution < -0.4 is 9.44 Å². The number of rotatable bonds is 3. The quantitative estimate of drug-likeness (QED) is 0.837. The van der Waals surface area contributed by atoms with Gasteiger partial charge < -0.3 is 0 Å². The van der Waals surface area contributed by atoms with E-state index in [-0.39, 0.29) is 15.4 Å². The van der Waals surface area contributed by atoms with E-state index in [1.165, 1.54) is 0 Å². The Morgan fingerprint density at radius 2 is 1.88 bits per heavy atom. The molecule has 126 valence electrons.